The lowest BCUT2D eigenvalue weighted by molar-refractivity contribution is -0.222. The molecule has 5 heteroatoms. The molecule has 0 aromatic carbocycles. The minimum absolute atomic E-state index is 0.0156. The van der Waals surface area contributed by atoms with E-state index in [0.717, 1.165) is 32.1 Å². The van der Waals surface area contributed by atoms with Crippen molar-refractivity contribution in [3.05, 3.63) is 11.6 Å². The van der Waals surface area contributed by atoms with Crippen molar-refractivity contribution in [2.24, 2.45) is 52.3 Å². The van der Waals surface area contributed by atoms with Gasteiger partial charge in [-0.15, -0.1) is 0 Å². The Labute approximate surface area is 212 Å². The molecule has 3 saturated carbocycles. The van der Waals surface area contributed by atoms with Gasteiger partial charge >= 0.3 is 5.97 Å². The van der Waals surface area contributed by atoms with Crippen molar-refractivity contribution in [2.45, 2.75) is 118 Å². The third kappa shape index (κ3) is 4.42. The van der Waals surface area contributed by atoms with E-state index in [9.17, 15) is 20.1 Å². The molecule has 0 aromatic heterocycles. The van der Waals surface area contributed by atoms with E-state index in [4.69, 9.17) is 4.74 Å². The van der Waals surface area contributed by atoms with E-state index in [1.807, 2.05) is 0 Å². The lowest BCUT2D eigenvalue weighted by atomic mass is 9.45. The van der Waals surface area contributed by atoms with Crippen LogP contribution in [0, 0.1) is 52.3 Å². The maximum Gasteiger partial charge on any atom is 0.303 e. The summed E-state index contributed by atoms with van der Waals surface area (Å²) in [5.74, 6) is 1.55. The lowest BCUT2D eigenvalue weighted by Gasteiger charge is -2.62. The first kappa shape index (κ1) is 27.1. The van der Waals surface area contributed by atoms with E-state index >= 15 is 0 Å². The predicted molar refractivity (Wildman–Crippen MR) is 137 cm³/mol. The molecule has 5 nitrogen and oxygen atoms in total. The van der Waals surface area contributed by atoms with Crippen molar-refractivity contribution < 1.29 is 24.9 Å². The standard InChI is InChI=1S/C30H50O5/c1-16(2)17(3)8-9-18(4)25-24(33)15-23-22-11-10-20-14-21(32)12-13-29(20,6)26(22)27(34)28(30(23,25)7)35-19(5)31/h10,16-18,21-28,32-34H,8-9,11-15H2,1-7H3/t17-,18+,21-,22-,23-,24?,25-,26+,27+,28+,29-,30-/m0/s1. The number of ether oxygens (including phenoxy) is 1. The fourth-order valence-electron chi connectivity index (χ4n) is 9.18. The average molecular weight is 491 g/mol. The number of hydrogen-bond acceptors (Lipinski definition) is 5. The van der Waals surface area contributed by atoms with Crippen molar-refractivity contribution >= 4 is 5.97 Å². The summed E-state index contributed by atoms with van der Waals surface area (Å²) in [5.41, 5.74) is 0.581. The van der Waals surface area contributed by atoms with Gasteiger partial charge in [0.1, 0.15) is 6.10 Å². The smallest absolute Gasteiger partial charge is 0.303 e. The van der Waals surface area contributed by atoms with E-state index in [-0.39, 0.29) is 47.1 Å². The van der Waals surface area contributed by atoms with Crippen LogP contribution < -0.4 is 0 Å². The zero-order chi connectivity index (χ0) is 25.9. The van der Waals surface area contributed by atoms with Crippen molar-refractivity contribution in [3.63, 3.8) is 0 Å². The first-order chi connectivity index (χ1) is 16.3. The molecule has 0 bridgehead atoms. The summed E-state index contributed by atoms with van der Waals surface area (Å²) >= 11 is 0. The number of carbonyl (C=O) groups is 1. The van der Waals surface area contributed by atoms with Gasteiger partial charge in [0.05, 0.1) is 18.3 Å². The van der Waals surface area contributed by atoms with Crippen molar-refractivity contribution in [3.8, 4) is 0 Å². The number of allylic oxidation sites excluding steroid dienone is 1. The highest BCUT2D eigenvalue weighted by Gasteiger charge is 2.69. The Balaban J connectivity index is 1.71. The van der Waals surface area contributed by atoms with Gasteiger partial charge in [-0.05, 0) is 73.0 Å². The highest BCUT2D eigenvalue weighted by atomic mass is 16.6. The van der Waals surface area contributed by atoms with Gasteiger partial charge in [-0.2, -0.15) is 0 Å². The van der Waals surface area contributed by atoms with Crippen LogP contribution in [0.3, 0.4) is 0 Å². The van der Waals surface area contributed by atoms with Gasteiger partial charge < -0.3 is 20.1 Å². The number of aliphatic hydroxyl groups excluding tert-OH is 3. The summed E-state index contributed by atoms with van der Waals surface area (Å²) < 4.78 is 6.04. The van der Waals surface area contributed by atoms with Crippen molar-refractivity contribution in [1.82, 2.24) is 0 Å². The zero-order valence-corrected chi connectivity index (χ0v) is 23.0. The first-order valence-electron chi connectivity index (χ1n) is 14.2. The summed E-state index contributed by atoms with van der Waals surface area (Å²) in [6.07, 6.45) is 6.12. The molecule has 4 aliphatic rings. The molecule has 0 spiro atoms. The second kappa shape index (κ2) is 9.76. The number of carbonyl (C=O) groups excluding carboxylic acids is 1. The summed E-state index contributed by atoms with van der Waals surface area (Å²) in [4.78, 5) is 12.4. The lowest BCUT2D eigenvalue weighted by Crippen LogP contribution is -2.65. The van der Waals surface area contributed by atoms with Crippen molar-refractivity contribution in [2.75, 3.05) is 0 Å². The molecule has 35 heavy (non-hydrogen) atoms. The molecule has 0 heterocycles. The van der Waals surface area contributed by atoms with Crippen LogP contribution in [0.5, 0.6) is 0 Å². The zero-order valence-electron chi connectivity index (χ0n) is 23.0. The molecular formula is C30H50O5. The highest BCUT2D eigenvalue weighted by molar-refractivity contribution is 5.66. The second-order valence-electron chi connectivity index (χ2n) is 13.6. The molecule has 0 aliphatic heterocycles. The van der Waals surface area contributed by atoms with Crippen molar-refractivity contribution in [1.29, 1.82) is 0 Å². The van der Waals surface area contributed by atoms with Crippen LogP contribution in [-0.2, 0) is 9.53 Å². The Kier molecular flexibility index (Phi) is 7.57. The molecule has 0 saturated heterocycles. The van der Waals surface area contributed by atoms with Gasteiger partial charge in [0.2, 0.25) is 0 Å². The van der Waals surface area contributed by atoms with Crippen LogP contribution in [-0.4, -0.2) is 45.7 Å². The van der Waals surface area contributed by atoms with Crippen LogP contribution in [0.1, 0.15) is 93.4 Å². The average Bonchev–Trinajstić information content (AvgIpc) is 3.05. The third-order valence-corrected chi connectivity index (χ3v) is 11.4. The highest BCUT2D eigenvalue weighted by Crippen LogP contribution is 2.68. The minimum atomic E-state index is -0.774. The Morgan fingerprint density at radius 3 is 2.46 bits per heavy atom. The van der Waals surface area contributed by atoms with E-state index in [2.05, 4.69) is 47.6 Å². The molecule has 4 aliphatic carbocycles. The Morgan fingerprint density at radius 2 is 1.83 bits per heavy atom. The number of rotatable bonds is 6. The number of hydrogen-bond donors (Lipinski definition) is 3. The molecule has 3 fully saturated rings. The van der Waals surface area contributed by atoms with E-state index in [1.165, 1.54) is 12.5 Å². The van der Waals surface area contributed by atoms with Crippen LogP contribution in [0.25, 0.3) is 0 Å². The summed E-state index contributed by atoms with van der Waals surface area (Å²) in [7, 11) is 0. The number of fused-ring (bicyclic) bond motifs is 5. The summed E-state index contributed by atoms with van der Waals surface area (Å²) in [6.45, 7) is 15.0. The second-order valence-corrected chi connectivity index (χ2v) is 13.6. The van der Waals surface area contributed by atoms with Crippen LogP contribution in [0.15, 0.2) is 11.6 Å². The van der Waals surface area contributed by atoms with Crippen LogP contribution in [0.2, 0.25) is 0 Å². The van der Waals surface area contributed by atoms with Gasteiger partial charge in [0.15, 0.2) is 0 Å². The SMILES string of the molecule is CC(=O)O[C@@H]1[C@H](O)[C@H]2[C@@H](CC=C3C[C@@H](O)CC[C@@]32C)[C@@H]2CC(O)[C@H]([C@H](C)CC[C@H](C)C(C)C)[C@@]12C. The van der Waals surface area contributed by atoms with E-state index < -0.39 is 23.7 Å². The fourth-order valence-corrected chi connectivity index (χ4v) is 9.18. The Bertz CT molecular complexity index is 822. The fraction of sp³-hybridized carbons (Fsp3) is 0.900. The van der Waals surface area contributed by atoms with Crippen LogP contribution in [0.4, 0.5) is 0 Å². The van der Waals surface area contributed by atoms with Gasteiger partial charge in [-0.1, -0.05) is 66.0 Å². The molecule has 1 unspecified atom stereocenters. The Hall–Kier alpha value is -0.910. The first-order valence-corrected chi connectivity index (χ1v) is 14.2. The van der Waals surface area contributed by atoms with Crippen LogP contribution >= 0.6 is 0 Å². The Morgan fingerprint density at radius 1 is 1.14 bits per heavy atom. The van der Waals surface area contributed by atoms with Gasteiger partial charge in [0, 0.05) is 18.3 Å². The maximum atomic E-state index is 12.4. The predicted octanol–water partition coefficient (Wildman–Crippen LogP) is 5.12. The van der Waals surface area contributed by atoms with E-state index in [1.54, 1.807) is 0 Å². The molecule has 0 radical (unpaired) electrons. The normalized spacial score (nSPS) is 46.8. The quantitative estimate of drug-likeness (QED) is 0.355. The minimum Gasteiger partial charge on any atom is -0.459 e. The maximum absolute atomic E-state index is 12.4. The monoisotopic (exact) mass is 490 g/mol. The summed E-state index contributed by atoms with van der Waals surface area (Å²) in [5, 5.41) is 33.9. The van der Waals surface area contributed by atoms with Gasteiger partial charge in [-0.3, -0.25) is 4.79 Å². The number of esters is 1. The van der Waals surface area contributed by atoms with Gasteiger partial charge in [0.25, 0.3) is 0 Å². The third-order valence-electron chi connectivity index (χ3n) is 11.4. The molecule has 200 valence electrons. The topological polar surface area (TPSA) is 87.0 Å². The molecule has 0 amide bonds. The molecule has 4 rings (SSSR count). The molecule has 12 atom stereocenters. The summed E-state index contributed by atoms with van der Waals surface area (Å²) in [6, 6.07) is 0. The molecule has 0 aromatic rings. The molecular weight excluding hydrogens is 440 g/mol. The molecule has 3 N–H and O–H groups in total. The van der Waals surface area contributed by atoms with Gasteiger partial charge in [-0.25, -0.2) is 0 Å². The number of aliphatic hydroxyl groups is 3. The van der Waals surface area contributed by atoms with E-state index in [0.29, 0.717) is 24.7 Å². The largest absolute Gasteiger partial charge is 0.459 e.